The van der Waals surface area contributed by atoms with Crippen LogP contribution in [0.1, 0.15) is 33.1 Å². The fourth-order valence-electron chi connectivity index (χ4n) is 0.834. The van der Waals surface area contributed by atoms with Gasteiger partial charge >= 0.3 is 0 Å². The molecule has 0 aromatic carbocycles. The minimum Gasteiger partial charge on any atom is -0.384 e. The molecule has 0 aliphatic heterocycles. The molecule has 0 amide bonds. The molecule has 0 heterocycles. The van der Waals surface area contributed by atoms with Gasteiger partial charge in [-0.05, 0) is 13.3 Å². The number of rotatable bonds is 4. The maximum atomic E-state index is 9.73. The lowest BCUT2D eigenvalue weighted by Crippen LogP contribution is -2.24. The van der Waals surface area contributed by atoms with Crippen LogP contribution in [0.4, 0.5) is 0 Å². The Morgan fingerprint density at radius 3 is 2.17 bits per heavy atom. The molecule has 0 radical (unpaired) electrons. The van der Waals surface area contributed by atoms with Crippen molar-refractivity contribution in [2.75, 3.05) is 0 Å². The summed E-state index contributed by atoms with van der Waals surface area (Å²) in [5, 5.41) is 9.85. The average molecular weight is 232 g/mol. The molecule has 0 aliphatic rings. The molecular formula is C8H13Cl3O. The van der Waals surface area contributed by atoms with E-state index in [1.54, 1.807) is 6.92 Å². The number of aliphatic hydroxyl groups is 1. The molecule has 0 bridgehead atoms. The van der Waals surface area contributed by atoms with Crippen molar-refractivity contribution in [2.24, 2.45) is 0 Å². The topological polar surface area (TPSA) is 20.2 Å². The highest BCUT2D eigenvalue weighted by Crippen LogP contribution is 2.31. The standard InChI is InChI=1S/C8H13Cl3O/c1-3-4-5-8(2,12)6(9)7(10)11/h12H,3-5H2,1-2H3. The van der Waals surface area contributed by atoms with Gasteiger partial charge in [-0.1, -0.05) is 54.6 Å². The summed E-state index contributed by atoms with van der Waals surface area (Å²) in [6, 6.07) is 0. The molecule has 0 aromatic heterocycles. The molecular weight excluding hydrogens is 218 g/mol. The van der Waals surface area contributed by atoms with Crippen LogP contribution in [-0.4, -0.2) is 10.7 Å². The molecule has 0 aromatic rings. The highest BCUT2D eigenvalue weighted by molar-refractivity contribution is 6.59. The van der Waals surface area contributed by atoms with Gasteiger partial charge in [-0.2, -0.15) is 0 Å². The molecule has 72 valence electrons. The molecule has 0 spiro atoms. The third-order valence-electron chi connectivity index (χ3n) is 1.66. The average Bonchev–Trinajstić information content (AvgIpc) is 1.99. The van der Waals surface area contributed by atoms with Gasteiger partial charge in [0.2, 0.25) is 0 Å². The van der Waals surface area contributed by atoms with E-state index in [4.69, 9.17) is 34.8 Å². The normalized spacial score (nSPS) is 15.5. The Morgan fingerprint density at radius 1 is 1.33 bits per heavy atom. The van der Waals surface area contributed by atoms with Gasteiger partial charge < -0.3 is 5.11 Å². The smallest absolute Gasteiger partial charge is 0.124 e. The Morgan fingerprint density at radius 2 is 1.83 bits per heavy atom. The van der Waals surface area contributed by atoms with Crippen LogP contribution >= 0.6 is 34.8 Å². The first-order chi connectivity index (χ1) is 5.41. The summed E-state index contributed by atoms with van der Waals surface area (Å²) >= 11 is 16.6. The van der Waals surface area contributed by atoms with Crippen LogP contribution in [0, 0.1) is 0 Å². The third-order valence-corrected chi connectivity index (χ3v) is 2.82. The van der Waals surface area contributed by atoms with Crippen LogP contribution < -0.4 is 0 Å². The van der Waals surface area contributed by atoms with E-state index < -0.39 is 5.60 Å². The van der Waals surface area contributed by atoms with Crippen molar-refractivity contribution >= 4 is 34.8 Å². The van der Waals surface area contributed by atoms with E-state index in [1.807, 2.05) is 6.92 Å². The molecule has 4 heteroatoms. The number of hydrogen-bond acceptors (Lipinski definition) is 1. The van der Waals surface area contributed by atoms with Crippen LogP contribution in [0.2, 0.25) is 0 Å². The SMILES string of the molecule is CCCCC(C)(O)C(Cl)=C(Cl)Cl. The van der Waals surface area contributed by atoms with E-state index in [0.29, 0.717) is 6.42 Å². The fraction of sp³-hybridized carbons (Fsp3) is 0.750. The van der Waals surface area contributed by atoms with Crippen LogP contribution in [-0.2, 0) is 0 Å². The molecule has 1 unspecified atom stereocenters. The minimum absolute atomic E-state index is 0.0576. The van der Waals surface area contributed by atoms with Crippen LogP contribution in [0.25, 0.3) is 0 Å². The Kier molecular flexibility index (Phi) is 5.59. The summed E-state index contributed by atoms with van der Waals surface area (Å²) in [5.74, 6) is 0. The summed E-state index contributed by atoms with van der Waals surface area (Å²) in [6.07, 6.45) is 2.47. The van der Waals surface area contributed by atoms with Crippen molar-refractivity contribution in [1.29, 1.82) is 0 Å². The van der Waals surface area contributed by atoms with Crippen LogP contribution in [0.3, 0.4) is 0 Å². The van der Waals surface area contributed by atoms with Crippen molar-refractivity contribution in [3.63, 3.8) is 0 Å². The van der Waals surface area contributed by atoms with Gasteiger partial charge in [-0.3, -0.25) is 0 Å². The van der Waals surface area contributed by atoms with E-state index in [1.165, 1.54) is 0 Å². The molecule has 1 nitrogen and oxygen atoms in total. The summed E-state index contributed by atoms with van der Waals surface area (Å²) < 4.78 is -0.0576. The molecule has 12 heavy (non-hydrogen) atoms. The fourth-order valence-corrected chi connectivity index (χ4v) is 1.34. The second-order valence-corrected chi connectivity index (χ2v) is 4.28. The van der Waals surface area contributed by atoms with Gasteiger partial charge in [0.15, 0.2) is 0 Å². The van der Waals surface area contributed by atoms with Crippen molar-refractivity contribution in [2.45, 2.75) is 38.7 Å². The van der Waals surface area contributed by atoms with E-state index in [-0.39, 0.29) is 9.52 Å². The van der Waals surface area contributed by atoms with Gasteiger partial charge in [0, 0.05) is 0 Å². The van der Waals surface area contributed by atoms with E-state index >= 15 is 0 Å². The Balaban J connectivity index is 4.29. The van der Waals surface area contributed by atoms with E-state index in [2.05, 4.69) is 0 Å². The second-order valence-electron chi connectivity index (χ2n) is 2.95. The third kappa shape index (κ3) is 3.99. The Bertz CT molecular complexity index is 171. The first-order valence-corrected chi connectivity index (χ1v) is 4.99. The lowest BCUT2D eigenvalue weighted by Gasteiger charge is -2.22. The first kappa shape index (κ1) is 12.6. The van der Waals surface area contributed by atoms with Crippen LogP contribution in [0.15, 0.2) is 9.52 Å². The van der Waals surface area contributed by atoms with Gasteiger partial charge in [0.05, 0.1) is 10.6 Å². The van der Waals surface area contributed by atoms with Gasteiger partial charge in [-0.15, -0.1) is 0 Å². The summed E-state index contributed by atoms with van der Waals surface area (Å²) in [4.78, 5) is 0. The zero-order chi connectivity index (χ0) is 9.78. The van der Waals surface area contributed by atoms with Crippen molar-refractivity contribution in [3.8, 4) is 0 Å². The van der Waals surface area contributed by atoms with Crippen molar-refractivity contribution in [1.82, 2.24) is 0 Å². The summed E-state index contributed by atoms with van der Waals surface area (Å²) in [7, 11) is 0. The Labute approximate surface area is 88.3 Å². The highest BCUT2D eigenvalue weighted by Gasteiger charge is 2.25. The maximum absolute atomic E-state index is 9.73. The maximum Gasteiger partial charge on any atom is 0.124 e. The van der Waals surface area contributed by atoms with Crippen LogP contribution in [0.5, 0.6) is 0 Å². The molecule has 1 N–H and O–H groups in total. The Hall–Kier alpha value is 0.570. The predicted octanol–water partition coefficient (Wildman–Crippen LogP) is 3.81. The zero-order valence-electron chi connectivity index (χ0n) is 7.20. The van der Waals surface area contributed by atoms with Crippen molar-refractivity contribution < 1.29 is 5.11 Å². The molecule has 1 atom stereocenters. The monoisotopic (exact) mass is 230 g/mol. The van der Waals surface area contributed by atoms with E-state index in [9.17, 15) is 5.11 Å². The lowest BCUT2D eigenvalue weighted by molar-refractivity contribution is 0.0942. The molecule has 0 rings (SSSR count). The van der Waals surface area contributed by atoms with E-state index in [0.717, 1.165) is 12.8 Å². The largest absolute Gasteiger partial charge is 0.384 e. The summed E-state index contributed by atoms with van der Waals surface area (Å²) in [5.41, 5.74) is -1.09. The molecule has 0 fully saturated rings. The number of unbranched alkanes of at least 4 members (excludes halogenated alkanes) is 1. The highest BCUT2D eigenvalue weighted by atomic mass is 35.5. The molecule has 0 saturated carbocycles. The lowest BCUT2D eigenvalue weighted by atomic mass is 9.99. The van der Waals surface area contributed by atoms with Gasteiger partial charge in [0.1, 0.15) is 4.49 Å². The predicted molar refractivity (Wildman–Crippen MR) is 54.7 cm³/mol. The summed E-state index contributed by atoms with van der Waals surface area (Å²) in [6.45, 7) is 3.64. The first-order valence-electron chi connectivity index (χ1n) is 3.85. The van der Waals surface area contributed by atoms with Crippen molar-refractivity contribution in [3.05, 3.63) is 9.52 Å². The van der Waals surface area contributed by atoms with Gasteiger partial charge in [0.25, 0.3) is 0 Å². The number of halogens is 3. The minimum atomic E-state index is -1.09. The molecule has 0 aliphatic carbocycles. The molecule has 0 saturated heterocycles. The number of hydrogen-bond donors (Lipinski definition) is 1. The van der Waals surface area contributed by atoms with Gasteiger partial charge in [-0.25, -0.2) is 0 Å². The second kappa shape index (κ2) is 5.33. The zero-order valence-corrected chi connectivity index (χ0v) is 9.47. The quantitative estimate of drug-likeness (QED) is 0.780.